The van der Waals surface area contributed by atoms with Crippen LogP contribution in [0.25, 0.3) is 0 Å². The van der Waals surface area contributed by atoms with Gasteiger partial charge in [-0.15, -0.1) is 0 Å². The Morgan fingerprint density at radius 2 is 1.71 bits per heavy atom. The van der Waals surface area contributed by atoms with E-state index in [2.05, 4.69) is 15.4 Å². The summed E-state index contributed by atoms with van der Waals surface area (Å²) in [5, 5.41) is 5.36. The van der Waals surface area contributed by atoms with Crippen molar-refractivity contribution in [2.75, 3.05) is 25.6 Å². The number of para-hydroxylation sites is 2. The molecule has 6 heteroatoms. The molecule has 0 spiro atoms. The van der Waals surface area contributed by atoms with Crippen LogP contribution in [0, 0.1) is 0 Å². The molecule has 0 aliphatic heterocycles. The smallest absolute Gasteiger partial charge is 0.339 e. The average molecular weight is 328 g/mol. The number of carbonyl (C=O) groups is 2. The van der Waals surface area contributed by atoms with E-state index >= 15 is 0 Å². The average Bonchev–Trinajstić information content (AvgIpc) is 2.62. The molecule has 0 atom stereocenters. The van der Waals surface area contributed by atoms with Crippen LogP contribution in [-0.4, -0.2) is 32.3 Å². The predicted molar refractivity (Wildman–Crippen MR) is 91.4 cm³/mol. The summed E-state index contributed by atoms with van der Waals surface area (Å²) < 4.78 is 10.2. The highest BCUT2D eigenvalue weighted by Gasteiger charge is 2.12. The lowest BCUT2D eigenvalue weighted by molar-refractivity contribution is 0.0602. The number of anilines is 1. The Hall–Kier alpha value is -3.02. The largest absolute Gasteiger partial charge is 0.494 e. The van der Waals surface area contributed by atoms with Crippen molar-refractivity contribution in [3.63, 3.8) is 0 Å². The zero-order valence-corrected chi connectivity index (χ0v) is 13.5. The number of rotatable bonds is 7. The van der Waals surface area contributed by atoms with Crippen LogP contribution >= 0.6 is 0 Å². The van der Waals surface area contributed by atoms with Crippen LogP contribution in [0.15, 0.2) is 54.6 Å². The topological polar surface area (TPSA) is 76.7 Å². The van der Waals surface area contributed by atoms with Crippen molar-refractivity contribution in [3.05, 3.63) is 60.2 Å². The molecule has 126 valence electrons. The molecule has 24 heavy (non-hydrogen) atoms. The molecule has 0 aromatic heterocycles. The van der Waals surface area contributed by atoms with Crippen LogP contribution in [-0.2, 0) is 4.74 Å². The van der Waals surface area contributed by atoms with Crippen molar-refractivity contribution in [1.82, 2.24) is 5.32 Å². The normalized spacial score (nSPS) is 9.88. The van der Waals surface area contributed by atoms with E-state index in [4.69, 9.17) is 4.74 Å². The van der Waals surface area contributed by atoms with E-state index in [1.165, 1.54) is 7.11 Å². The fourth-order valence-electron chi connectivity index (χ4n) is 2.03. The summed E-state index contributed by atoms with van der Waals surface area (Å²) in [5.41, 5.74) is 0.713. The molecule has 0 unspecified atom stereocenters. The molecule has 0 radical (unpaired) electrons. The summed E-state index contributed by atoms with van der Waals surface area (Å²) in [6.45, 7) is 0.960. The Bertz CT molecular complexity index is 674. The molecule has 2 N–H and O–H groups in total. The second kappa shape index (κ2) is 9.19. The highest BCUT2D eigenvalue weighted by atomic mass is 16.5. The number of hydrogen-bond donors (Lipinski definition) is 2. The Balaban J connectivity index is 1.73. The third-order valence-corrected chi connectivity index (χ3v) is 3.20. The first-order chi connectivity index (χ1) is 11.7. The Morgan fingerprint density at radius 3 is 2.46 bits per heavy atom. The minimum atomic E-state index is -0.498. The summed E-state index contributed by atoms with van der Waals surface area (Å²) in [6, 6.07) is 15.8. The molecule has 0 heterocycles. The first kappa shape index (κ1) is 17.3. The molecular weight excluding hydrogens is 308 g/mol. The van der Waals surface area contributed by atoms with E-state index in [-0.39, 0.29) is 6.03 Å². The van der Waals surface area contributed by atoms with E-state index in [1.54, 1.807) is 24.3 Å². The first-order valence-electron chi connectivity index (χ1n) is 7.61. The van der Waals surface area contributed by atoms with E-state index in [9.17, 15) is 9.59 Å². The Labute approximate surface area is 140 Å². The van der Waals surface area contributed by atoms with Crippen molar-refractivity contribution in [2.45, 2.75) is 6.42 Å². The molecule has 0 aliphatic rings. The van der Waals surface area contributed by atoms with E-state index in [1.807, 2.05) is 30.3 Å². The van der Waals surface area contributed by atoms with Crippen molar-refractivity contribution >= 4 is 17.7 Å². The molecule has 0 bridgehead atoms. The van der Waals surface area contributed by atoms with Crippen LogP contribution in [0.1, 0.15) is 16.8 Å². The van der Waals surface area contributed by atoms with Gasteiger partial charge in [-0.2, -0.15) is 0 Å². The zero-order valence-electron chi connectivity index (χ0n) is 13.5. The van der Waals surface area contributed by atoms with Gasteiger partial charge in [0.25, 0.3) is 0 Å². The van der Waals surface area contributed by atoms with Gasteiger partial charge in [-0.1, -0.05) is 30.3 Å². The van der Waals surface area contributed by atoms with E-state index in [0.717, 1.165) is 5.75 Å². The van der Waals surface area contributed by atoms with Crippen LogP contribution in [0.4, 0.5) is 10.5 Å². The Kier molecular flexibility index (Phi) is 6.64. The van der Waals surface area contributed by atoms with Gasteiger partial charge in [0.15, 0.2) is 0 Å². The fraction of sp³-hybridized carbons (Fsp3) is 0.222. The maximum atomic E-state index is 11.9. The number of benzene rings is 2. The van der Waals surface area contributed by atoms with E-state index < -0.39 is 5.97 Å². The summed E-state index contributed by atoms with van der Waals surface area (Å²) >= 11 is 0. The number of urea groups is 1. The minimum Gasteiger partial charge on any atom is -0.494 e. The molecule has 2 aromatic rings. The molecule has 0 fully saturated rings. The van der Waals surface area contributed by atoms with Gasteiger partial charge in [-0.05, 0) is 30.7 Å². The maximum Gasteiger partial charge on any atom is 0.339 e. The number of nitrogens with one attached hydrogen (secondary N) is 2. The quantitative estimate of drug-likeness (QED) is 0.605. The SMILES string of the molecule is COC(=O)c1ccccc1NC(=O)NCCCOc1ccccc1. The molecule has 0 saturated heterocycles. The van der Waals surface area contributed by atoms with Gasteiger partial charge in [-0.3, -0.25) is 0 Å². The number of carbonyl (C=O) groups excluding carboxylic acids is 2. The van der Waals surface area contributed by atoms with Gasteiger partial charge in [0.1, 0.15) is 5.75 Å². The lowest BCUT2D eigenvalue weighted by atomic mass is 10.2. The number of ether oxygens (including phenoxy) is 2. The van der Waals surface area contributed by atoms with E-state index in [0.29, 0.717) is 30.8 Å². The monoisotopic (exact) mass is 328 g/mol. The van der Waals surface area contributed by atoms with Crippen LogP contribution in [0.3, 0.4) is 0 Å². The van der Waals surface area contributed by atoms with Gasteiger partial charge in [0.2, 0.25) is 0 Å². The molecule has 0 saturated carbocycles. The second-order valence-corrected chi connectivity index (χ2v) is 4.93. The fourth-order valence-corrected chi connectivity index (χ4v) is 2.03. The third kappa shape index (κ3) is 5.31. The van der Waals surface area contributed by atoms with Crippen LogP contribution in [0.5, 0.6) is 5.75 Å². The van der Waals surface area contributed by atoms with Crippen molar-refractivity contribution in [2.24, 2.45) is 0 Å². The summed E-state index contributed by atoms with van der Waals surface area (Å²) in [5.74, 6) is 0.302. The molecular formula is C18H20N2O4. The highest BCUT2D eigenvalue weighted by molar-refractivity contribution is 6.00. The van der Waals surface area contributed by atoms with Crippen LogP contribution in [0.2, 0.25) is 0 Å². The van der Waals surface area contributed by atoms with Crippen LogP contribution < -0.4 is 15.4 Å². The van der Waals surface area contributed by atoms with Gasteiger partial charge >= 0.3 is 12.0 Å². The summed E-state index contributed by atoms with van der Waals surface area (Å²) in [4.78, 5) is 23.5. The number of amides is 2. The Morgan fingerprint density at radius 1 is 1.00 bits per heavy atom. The highest BCUT2D eigenvalue weighted by Crippen LogP contribution is 2.15. The third-order valence-electron chi connectivity index (χ3n) is 3.20. The lowest BCUT2D eigenvalue weighted by Gasteiger charge is -2.11. The molecule has 0 aliphatic carbocycles. The minimum absolute atomic E-state index is 0.308. The second-order valence-electron chi connectivity index (χ2n) is 4.93. The predicted octanol–water partition coefficient (Wildman–Crippen LogP) is 3.06. The number of esters is 1. The summed E-state index contributed by atoms with van der Waals surface area (Å²) in [6.07, 6.45) is 0.668. The molecule has 2 amide bonds. The molecule has 2 aromatic carbocycles. The van der Waals surface area contributed by atoms with Gasteiger partial charge < -0.3 is 20.1 Å². The number of hydrogen-bond acceptors (Lipinski definition) is 4. The lowest BCUT2D eigenvalue weighted by Crippen LogP contribution is -2.30. The standard InChI is InChI=1S/C18H20N2O4/c1-23-17(21)15-10-5-6-11-16(15)20-18(22)19-12-7-13-24-14-8-3-2-4-9-14/h2-6,8-11H,7,12-13H2,1H3,(H2,19,20,22). The van der Waals surface area contributed by atoms with Gasteiger partial charge in [0.05, 0.1) is 25.0 Å². The zero-order chi connectivity index (χ0) is 17.2. The maximum absolute atomic E-state index is 11.9. The van der Waals surface area contributed by atoms with Crippen molar-refractivity contribution in [1.29, 1.82) is 0 Å². The number of methoxy groups -OCH3 is 1. The summed E-state index contributed by atoms with van der Waals surface area (Å²) in [7, 11) is 1.30. The molecule has 2 rings (SSSR count). The van der Waals surface area contributed by atoms with Crippen molar-refractivity contribution < 1.29 is 19.1 Å². The van der Waals surface area contributed by atoms with Gasteiger partial charge in [0, 0.05) is 6.54 Å². The molecule has 6 nitrogen and oxygen atoms in total. The van der Waals surface area contributed by atoms with Crippen molar-refractivity contribution in [3.8, 4) is 5.75 Å². The first-order valence-corrected chi connectivity index (χ1v) is 7.61. The van der Waals surface area contributed by atoms with Gasteiger partial charge in [-0.25, -0.2) is 9.59 Å².